The first-order valence-corrected chi connectivity index (χ1v) is 7.41. The van der Waals surface area contributed by atoms with Crippen molar-refractivity contribution in [1.82, 2.24) is 5.32 Å². The van der Waals surface area contributed by atoms with Crippen LogP contribution in [0.5, 0.6) is 0 Å². The lowest BCUT2D eigenvalue weighted by Gasteiger charge is -2.41. The molecular formula is C17H27NO2. The highest BCUT2D eigenvalue weighted by Crippen LogP contribution is 2.32. The Kier molecular flexibility index (Phi) is 4.84. The SMILES string of the molecule is CC(C)(C)CC(NCC1(CO)COC1)c1ccccc1. The van der Waals surface area contributed by atoms with E-state index in [9.17, 15) is 5.11 Å². The number of hydrogen-bond acceptors (Lipinski definition) is 3. The van der Waals surface area contributed by atoms with E-state index in [1.165, 1.54) is 5.56 Å². The molecule has 0 spiro atoms. The molecule has 2 N–H and O–H groups in total. The summed E-state index contributed by atoms with van der Waals surface area (Å²) in [5.41, 5.74) is 1.50. The molecule has 0 aliphatic carbocycles. The Hall–Kier alpha value is -0.900. The number of ether oxygens (including phenoxy) is 1. The third-order valence-electron chi connectivity index (χ3n) is 3.89. The molecule has 112 valence electrons. The molecule has 0 amide bonds. The van der Waals surface area contributed by atoms with Crippen LogP contribution >= 0.6 is 0 Å². The van der Waals surface area contributed by atoms with Gasteiger partial charge in [0.15, 0.2) is 0 Å². The Morgan fingerprint density at radius 1 is 1.25 bits per heavy atom. The molecule has 2 rings (SSSR count). The van der Waals surface area contributed by atoms with Crippen LogP contribution in [0.1, 0.15) is 38.8 Å². The lowest BCUT2D eigenvalue weighted by atomic mass is 9.83. The first-order valence-electron chi connectivity index (χ1n) is 7.41. The van der Waals surface area contributed by atoms with Gasteiger partial charge in [0.1, 0.15) is 0 Å². The minimum atomic E-state index is -0.0785. The molecular weight excluding hydrogens is 250 g/mol. The van der Waals surface area contributed by atoms with E-state index in [1.54, 1.807) is 0 Å². The number of aliphatic hydroxyl groups is 1. The van der Waals surface area contributed by atoms with Gasteiger partial charge in [0.25, 0.3) is 0 Å². The van der Waals surface area contributed by atoms with Gasteiger partial charge in [0, 0.05) is 12.6 Å². The molecule has 1 aromatic carbocycles. The zero-order chi connectivity index (χ0) is 14.6. The molecule has 0 bridgehead atoms. The third-order valence-corrected chi connectivity index (χ3v) is 3.89. The van der Waals surface area contributed by atoms with Crippen LogP contribution in [0.3, 0.4) is 0 Å². The smallest absolute Gasteiger partial charge is 0.0579 e. The Bertz CT molecular complexity index is 401. The molecule has 20 heavy (non-hydrogen) atoms. The first kappa shape index (κ1) is 15.5. The average molecular weight is 277 g/mol. The normalized spacial score (nSPS) is 19.4. The largest absolute Gasteiger partial charge is 0.396 e. The second-order valence-corrected chi connectivity index (χ2v) is 7.26. The number of benzene rings is 1. The minimum Gasteiger partial charge on any atom is -0.396 e. The lowest BCUT2D eigenvalue weighted by Crippen LogP contribution is -2.52. The van der Waals surface area contributed by atoms with Crippen LogP contribution in [0.4, 0.5) is 0 Å². The van der Waals surface area contributed by atoms with Crippen molar-refractivity contribution in [3.8, 4) is 0 Å². The van der Waals surface area contributed by atoms with Crippen LogP contribution in [0.2, 0.25) is 0 Å². The maximum atomic E-state index is 9.53. The molecule has 0 saturated carbocycles. The fourth-order valence-corrected chi connectivity index (χ4v) is 2.59. The predicted molar refractivity (Wildman–Crippen MR) is 81.6 cm³/mol. The molecule has 1 aliphatic rings. The second kappa shape index (κ2) is 6.25. The highest BCUT2D eigenvalue weighted by Gasteiger charge is 2.38. The van der Waals surface area contributed by atoms with Crippen molar-refractivity contribution in [2.75, 3.05) is 26.4 Å². The van der Waals surface area contributed by atoms with Crippen LogP contribution in [0.25, 0.3) is 0 Å². The molecule has 3 nitrogen and oxygen atoms in total. The zero-order valence-corrected chi connectivity index (χ0v) is 12.9. The molecule has 1 saturated heterocycles. The fourth-order valence-electron chi connectivity index (χ4n) is 2.59. The number of aliphatic hydroxyl groups excluding tert-OH is 1. The van der Waals surface area contributed by atoms with E-state index < -0.39 is 0 Å². The fraction of sp³-hybridized carbons (Fsp3) is 0.647. The van der Waals surface area contributed by atoms with Crippen LogP contribution in [-0.4, -0.2) is 31.5 Å². The van der Waals surface area contributed by atoms with Crippen LogP contribution in [-0.2, 0) is 4.74 Å². The molecule has 3 heteroatoms. The molecule has 1 fully saturated rings. The molecule has 1 heterocycles. The highest BCUT2D eigenvalue weighted by molar-refractivity contribution is 5.19. The maximum Gasteiger partial charge on any atom is 0.0579 e. The quantitative estimate of drug-likeness (QED) is 0.840. The third kappa shape index (κ3) is 4.05. The molecule has 1 atom stereocenters. The summed E-state index contributed by atoms with van der Waals surface area (Å²) in [5.74, 6) is 0. The topological polar surface area (TPSA) is 41.5 Å². The van der Waals surface area contributed by atoms with Crippen LogP contribution in [0, 0.1) is 10.8 Å². The van der Waals surface area contributed by atoms with Gasteiger partial charge in [0.2, 0.25) is 0 Å². The lowest BCUT2D eigenvalue weighted by molar-refractivity contribution is -0.135. The van der Waals surface area contributed by atoms with Crippen molar-refractivity contribution in [2.45, 2.75) is 33.2 Å². The number of nitrogens with one attached hydrogen (secondary N) is 1. The summed E-state index contributed by atoms with van der Waals surface area (Å²) in [6.07, 6.45) is 1.07. The summed E-state index contributed by atoms with van der Waals surface area (Å²) in [6.45, 7) is 9.11. The van der Waals surface area contributed by atoms with Gasteiger partial charge in [-0.25, -0.2) is 0 Å². The number of hydrogen-bond donors (Lipinski definition) is 2. The maximum absolute atomic E-state index is 9.53. The predicted octanol–water partition coefficient (Wildman–Crippen LogP) is 2.76. The summed E-state index contributed by atoms with van der Waals surface area (Å²) < 4.78 is 5.27. The second-order valence-electron chi connectivity index (χ2n) is 7.26. The van der Waals surface area contributed by atoms with Gasteiger partial charge in [-0.1, -0.05) is 51.1 Å². The number of rotatable bonds is 6. The van der Waals surface area contributed by atoms with Crippen molar-refractivity contribution in [3.63, 3.8) is 0 Å². The summed E-state index contributed by atoms with van der Waals surface area (Å²) in [4.78, 5) is 0. The highest BCUT2D eigenvalue weighted by atomic mass is 16.5. The van der Waals surface area contributed by atoms with Crippen molar-refractivity contribution in [2.24, 2.45) is 10.8 Å². The Morgan fingerprint density at radius 2 is 1.90 bits per heavy atom. The summed E-state index contributed by atoms with van der Waals surface area (Å²) in [5, 5.41) is 13.2. The van der Waals surface area contributed by atoms with Gasteiger partial charge < -0.3 is 15.2 Å². The van der Waals surface area contributed by atoms with Crippen LogP contribution < -0.4 is 5.32 Å². The van der Waals surface area contributed by atoms with E-state index in [0.717, 1.165) is 13.0 Å². The summed E-state index contributed by atoms with van der Waals surface area (Å²) in [6, 6.07) is 10.9. The average Bonchev–Trinajstić information content (AvgIpc) is 2.36. The van der Waals surface area contributed by atoms with E-state index >= 15 is 0 Å². The van der Waals surface area contributed by atoms with Gasteiger partial charge in [0.05, 0.1) is 25.2 Å². The van der Waals surface area contributed by atoms with Gasteiger partial charge in [-0.3, -0.25) is 0 Å². The van der Waals surface area contributed by atoms with Gasteiger partial charge >= 0.3 is 0 Å². The summed E-state index contributed by atoms with van der Waals surface area (Å²) in [7, 11) is 0. The molecule has 1 aliphatic heterocycles. The van der Waals surface area contributed by atoms with E-state index in [2.05, 4.69) is 50.4 Å². The standard InChI is InChI=1S/C17H27NO2/c1-16(2,3)9-15(14-7-5-4-6-8-14)18-10-17(11-19)12-20-13-17/h4-8,15,18-19H,9-13H2,1-3H3. The van der Waals surface area contributed by atoms with E-state index in [4.69, 9.17) is 4.74 Å². The van der Waals surface area contributed by atoms with E-state index in [-0.39, 0.29) is 17.4 Å². The minimum absolute atomic E-state index is 0.0785. The summed E-state index contributed by atoms with van der Waals surface area (Å²) >= 11 is 0. The molecule has 1 aromatic rings. The van der Waals surface area contributed by atoms with E-state index in [0.29, 0.717) is 19.3 Å². The molecule has 0 aromatic heterocycles. The molecule has 0 radical (unpaired) electrons. The van der Waals surface area contributed by atoms with Crippen molar-refractivity contribution >= 4 is 0 Å². The van der Waals surface area contributed by atoms with Gasteiger partial charge in [-0.05, 0) is 17.4 Å². The van der Waals surface area contributed by atoms with Crippen molar-refractivity contribution in [1.29, 1.82) is 0 Å². The van der Waals surface area contributed by atoms with Gasteiger partial charge in [-0.2, -0.15) is 0 Å². The first-order chi connectivity index (χ1) is 9.44. The van der Waals surface area contributed by atoms with Gasteiger partial charge in [-0.15, -0.1) is 0 Å². The Labute approximate surface area is 122 Å². The monoisotopic (exact) mass is 277 g/mol. The van der Waals surface area contributed by atoms with Crippen molar-refractivity contribution in [3.05, 3.63) is 35.9 Å². The van der Waals surface area contributed by atoms with Crippen LogP contribution in [0.15, 0.2) is 30.3 Å². The Balaban J connectivity index is 2.03. The van der Waals surface area contributed by atoms with Crippen molar-refractivity contribution < 1.29 is 9.84 Å². The van der Waals surface area contributed by atoms with E-state index in [1.807, 2.05) is 6.07 Å². The zero-order valence-electron chi connectivity index (χ0n) is 12.9. The Morgan fingerprint density at radius 3 is 2.35 bits per heavy atom. The molecule has 1 unspecified atom stereocenters.